The molecule has 0 saturated carbocycles. The molecule has 0 fully saturated rings. The summed E-state index contributed by atoms with van der Waals surface area (Å²) in [5.41, 5.74) is 3.78. The maximum atomic E-state index is 13.0. The van der Waals surface area contributed by atoms with E-state index in [2.05, 4.69) is 43.0 Å². The lowest BCUT2D eigenvalue weighted by molar-refractivity contribution is -0.132. The van der Waals surface area contributed by atoms with Gasteiger partial charge >= 0.3 is 0 Å². The fourth-order valence-corrected chi connectivity index (χ4v) is 5.75. The standard InChI is InChI=1S/C27H24N4O3S/c1-3-7-22-18(2)31(21-8-5-4-6-9-21)24-11-10-19(12-23(22)24)13-25-26(33)30(16-34-17-32)27(35-25)20(14-28)15-29/h4-6,8-13,17-18,22H,3,7,16H2,1-2H3/b25-13+. The third-order valence-electron chi connectivity index (χ3n) is 6.25. The zero-order valence-corrected chi connectivity index (χ0v) is 20.3. The topological polar surface area (TPSA) is 99.1 Å². The van der Waals surface area contributed by atoms with E-state index in [0.717, 1.165) is 45.7 Å². The maximum Gasteiger partial charge on any atom is 0.294 e. The Labute approximate surface area is 207 Å². The van der Waals surface area contributed by atoms with Crippen LogP contribution in [-0.4, -0.2) is 17.1 Å². The highest BCUT2D eigenvalue weighted by atomic mass is 32.1. The number of nitrogens with zero attached hydrogens (tertiary/aromatic N) is 4. The third kappa shape index (κ3) is 4.49. The van der Waals surface area contributed by atoms with Crippen molar-refractivity contribution >= 4 is 40.8 Å². The second kappa shape index (κ2) is 10.4. The van der Waals surface area contributed by atoms with Gasteiger partial charge in [0.05, 0.1) is 4.53 Å². The highest BCUT2D eigenvalue weighted by Crippen LogP contribution is 2.47. The molecule has 2 unspecified atom stereocenters. The van der Waals surface area contributed by atoms with Crippen molar-refractivity contribution in [2.45, 2.75) is 45.4 Å². The summed E-state index contributed by atoms with van der Waals surface area (Å²) in [7, 11) is 0. The number of hydrogen-bond donors (Lipinski definition) is 0. The zero-order valence-electron chi connectivity index (χ0n) is 19.5. The summed E-state index contributed by atoms with van der Waals surface area (Å²) in [6.07, 6.45) is 3.86. The Bertz CT molecular complexity index is 1490. The van der Waals surface area contributed by atoms with Crippen molar-refractivity contribution in [1.29, 1.82) is 10.5 Å². The lowest BCUT2D eigenvalue weighted by Crippen LogP contribution is -2.32. The van der Waals surface area contributed by atoms with Crippen molar-refractivity contribution < 1.29 is 9.53 Å². The number of benzene rings is 2. The molecule has 1 aromatic heterocycles. The Kier molecular flexibility index (Phi) is 7.14. The molecule has 35 heavy (non-hydrogen) atoms. The molecule has 0 saturated heterocycles. The molecule has 1 aliphatic heterocycles. The average molecular weight is 485 g/mol. The monoisotopic (exact) mass is 484 g/mol. The first-order valence-electron chi connectivity index (χ1n) is 11.3. The number of para-hydroxylation sites is 1. The van der Waals surface area contributed by atoms with Crippen LogP contribution in [0.1, 0.15) is 43.7 Å². The number of nitriles is 2. The van der Waals surface area contributed by atoms with Crippen LogP contribution >= 0.6 is 11.3 Å². The van der Waals surface area contributed by atoms with Gasteiger partial charge in [-0.2, -0.15) is 10.5 Å². The van der Waals surface area contributed by atoms with Gasteiger partial charge in [-0.3, -0.25) is 14.2 Å². The van der Waals surface area contributed by atoms with Gasteiger partial charge in [-0.05, 0) is 54.8 Å². The Morgan fingerprint density at radius 2 is 1.91 bits per heavy atom. The molecule has 7 nitrogen and oxygen atoms in total. The summed E-state index contributed by atoms with van der Waals surface area (Å²) in [6.45, 7) is 4.29. The number of ether oxygens (including phenoxy) is 1. The fourth-order valence-electron chi connectivity index (χ4n) is 4.71. The fraction of sp³-hybridized carbons (Fsp3) is 0.259. The molecule has 0 bridgehead atoms. The molecule has 2 aromatic carbocycles. The highest BCUT2D eigenvalue weighted by Gasteiger charge is 2.35. The predicted octanol–water partition coefficient (Wildman–Crippen LogP) is 3.49. The molecular weight excluding hydrogens is 460 g/mol. The lowest BCUT2D eigenvalue weighted by atomic mass is 9.90. The lowest BCUT2D eigenvalue weighted by Gasteiger charge is -2.27. The largest absolute Gasteiger partial charge is 0.446 e. The molecule has 2 atom stereocenters. The number of rotatable bonds is 7. The summed E-state index contributed by atoms with van der Waals surface area (Å²) < 4.78 is 6.41. The van der Waals surface area contributed by atoms with E-state index in [9.17, 15) is 20.1 Å². The van der Waals surface area contributed by atoms with E-state index in [1.807, 2.05) is 36.4 Å². The van der Waals surface area contributed by atoms with Crippen molar-refractivity contribution in [2.24, 2.45) is 0 Å². The Balaban J connectivity index is 1.86. The molecule has 0 radical (unpaired) electrons. The van der Waals surface area contributed by atoms with E-state index in [1.54, 1.807) is 6.08 Å². The Morgan fingerprint density at radius 1 is 1.17 bits per heavy atom. The van der Waals surface area contributed by atoms with Gasteiger partial charge < -0.3 is 9.64 Å². The molecule has 0 N–H and O–H groups in total. The number of carbonyl (C=O) groups excluding carboxylic acids is 1. The molecular formula is C27H24N4O3S. The third-order valence-corrected chi connectivity index (χ3v) is 7.38. The average Bonchev–Trinajstić information content (AvgIpc) is 3.32. The first kappa shape index (κ1) is 24.0. The molecule has 1 aliphatic rings. The summed E-state index contributed by atoms with van der Waals surface area (Å²) in [5.74, 6) is 0.345. The van der Waals surface area contributed by atoms with Crippen LogP contribution in [0.3, 0.4) is 0 Å². The van der Waals surface area contributed by atoms with Crippen LogP contribution in [0.15, 0.2) is 53.3 Å². The van der Waals surface area contributed by atoms with Crippen LogP contribution < -0.4 is 19.7 Å². The van der Waals surface area contributed by atoms with Gasteiger partial charge in [-0.1, -0.05) is 37.6 Å². The number of carbonyl (C=O) groups is 1. The van der Waals surface area contributed by atoms with Crippen molar-refractivity contribution in [3.05, 3.63) is 79.2 Å². The first-order chi connectivity index (χ1) is 17.0. The number of aromatic nitrogens is 1. The van der Waals surface area contributed by atoms with Gasteiger partial charge in [0.15, 0.2) is 12.3 Å². The van der Waals surface area contributed by atoms with Crippen LogP contribution in [0.25, 0.3) is 11.6 Å². The number of thiazole rings is 1. The number of anilines is 2. The summed E-state index contributed by atoms with van der Waals surface area (Å²) in [5, 5.41) is 18.6. The van der Waals surface area contributed by atoms with Gasteiger partial charge in [0, 0.05) is 23.3 Å². The van der Waals surface area contributed by atoms with Gasteiger partial charge in [0.25, 0.3) is 12.0 Å². The minimum absolute atomic E-state index is 0.169. The van der Waals surface area contributed by atoms with E-state index in [1.165, 1.54) is 5.56 Å². The predicted molar refractivity (Wildman–Crippen MR) is 135 cm³/mol. The Hall–Kier alpha value is -4.14. The van der Waals surface area contributed by atoms with Crippen molar-refractivity contribution in [1.82, 2.24) is 4.57 Å². The molecule has 8 heteroatoms. The molecule has 4 rings (SSSR count). The van der Waals surface area contributed by atoms with E-state index < -0.39 is 5.56 Å². The van der Waals surface area contributed by atoms with Crippen LogP contribution in [0, 0.1) is 22.7 Å². The second-order valence-corrected chi connectivity index (χ2v) is 9.33. The van der Waals surface area contributed by atoms with Gasteiger partial charge in [0.2, 0.25) is 0 Å². The smallest absolute Gasteiger partial charge is 0.294 e. The van der Waals surface area contributed by atoms with Crippen molar-refractivity contribution in [3.8, 4) is 12.1 Å². The van der Waals surface area contributed by atoms with E-state index in [0.29, 0.717) is 10.5 Å². The van der Waals surface area contributed by atoms with Crippen LogP contribution in [0.5, 0.6) is 0 Å². The number of hydrogen-bond acceptors (Lipinski definition) is 7. The minimum Gasteiger partial charge on any atom is -0.446 e. The van der Waals surface area contributed by atoms with Crippen LogP contribution in [0.4, 0.5) is 11.4 Å². The maximum absolute atomic E-state index is 13.0. The Morgan fingerprint density at radius 3 is 2.57 bits per heavy atom. The summed E-state index contributed by atoms with van der Waals surface area (Å²) in [6, 6.07) is 20.4. The van der Waals surface area contributed by atoms with Crippen molar-refractivity contribution in [2.75, 3.05) is 4.90 Å². The second-order valence-electron chi connectivity index (χ2n) is 8.30. The van der Waals surface area contributed by atoms with Gasteiger partial charge in [0.1, 0.15) is 16.8 Å². The van der Waals surface area contributed by atoms with E-state index >= 15 is 0 Å². The van der Waals surface area contributed by atoms with E-state index in [-0.39, 0.29) is 29.5 Å². The molecule has 2 heterocycles. The summed E-state index contributed by atoms with van der Waals surface area (Å²) >= 11 is 1.04. The SMILES string of the molecule is CCCC1c2cc(/C=c3/sc(=C(C#N)C#N)n(COC=O)c3=O)ccc2N(c2ccccc2)C1C. The number of fused-ring (bicyclic) bond motifs is 1. The van der Waals surface area contributed by atoms with Crippen LogP contribution in [0.2, 0.25) is 0 Å². The molecule has 0 aliphatic carbocycles. The van der Waals surface area contributed by atoms with Gasteiger partial charge in [-0.15, -0.1) is 11.3 Å². The minimum atomic E-state index is -0.417. The first-order valence-corrected chi connectivity index (χ1v) is 12.1. The summed E-state index contributed by atoms with van der Waals surface area (Å²) in [4.78, 5) is 26.1. The zero-order chi connectivity index (χ0) is 24.9. The highest BCUT2D eigenvalue weighted by molar-refractivity contribution is 7.07. The normalized spacial score (nSPS) is 16.9. The quantitative estimate of drug-likeness (QED) is 0.476. The molecule has 3 aromatic rings. The van der Waals surface area contributed by atoms with Gasteiger partial charge in [-0.25, -0.2) is 0 Å². The van der Waals surface area contributed by atoms with E-state index in [4.69, 9.17) is 4.74 Å². The molecule has 0 amide bonds. The molecule has 176 valence electrons. The van der Waals surface area contributed by atoms with Crippen molar-refractivity contribution in [3.63, 3.8) is 0 Å². The molecule has 0 spiro atoms. The van der Waals surface area contributed by atoms with Crippen LogP contribution in [-0.2, 0) is 16.3 Å².